The summed E-state index contributed by atoms with van der Waals surface area (Å²) in [5, 5.41) is 21.4. The Hall–Kier alpha value is -2.53. The van der Waals surface area contributed by atoms with E-state index in [1.807, 2.05) is 0 Å². The van der Waals surface area contributed by atoms with E-state index in [2.05, 4.69) is 5.32 Å². The summed E-state index contributed by atoms with van der Waals surface area (Å²) in [5.41, 5.74) is 1.16. The SMILES string of the molecule is Cc1ccc(C(=O)O)c(Nc2ccccc2C(=O)O)c1Cl. The van der Waals surface area contributed by atoms with E-state index in [0.717, 1.165) is 0 Å². The Kier molecular flexibility index (Phi) is 4.14. The molecular formula is C15H12ClNO4. The molecule has 108 valence electrons. The molecular weight excluding hydrogens is 294 g/mol. The Morgan fingerprint density at radius 3 is 2.24 bits per heavy atom. The fourth-order valence-electron chi connectivity index (χ4n) is 1.89. The van der Waals surface area contributed by atoms with Crippen LogP contribution in [0.3, 0.4) is 0 Å². The molecule has 0 saturated heterocycles. The number of carboxylic acid groups (broad SMARTS) is 2. The van der Waals surface area contributed by atoms with Gasteiger partial charge in [0.2, 0.25) is 0 Å². The molecule has 0 radical (unpaired) electrons. The molecule has 0 amide bonds. The van der Waals surface area contributed by atoms with Crippen LogP contribution < -0.4 is 5.32 Å². The van der Waals surface area contributed by atoms with Gasteiger partial charge in [0, 0.05) is 0 Å². The summed E-state index contributed by atoms with van der Waals surface area (Å²) in [4.78, 5) is 22.5. The van der Waals surface area contributed by atoms with Crippen LogP contribution in [0.25, 0.3) is 0 Å². The first kappa shape index (κ1) is 14.9. The van der Waals surface area contributed by atoms with Gasteiger partial charge in [0.1, 0.15) is 0 Å². The minimum absolute atomic E-state index is 0.0224. The fourth-order valence-corrected chi connectivity index (χ4v) is 2.11. The normalized spacial score (nSPS) is 10.2. The van der Waals surface area contributed by atoms with Crippen molar-refractivity contribution in [1.29, 1.82) is 0 Å². The highest BCUT2D eigenvalue weighted by Crippen LogP contribution is 2.33. The Morgan fingerprint density at radius 1 is 1.00 bits per heavy atom. The van der Waals surface area contributed by atoms with Crippen molar-refractivity contribution in [2.24, 2.45) is 0 Å². The van der Waals surface area contributed by atoms with Crippen LogP contribution in [0.4, 0.5) is 11.4 Å². The van der Waals surface area contributed by atoms with Crippen LogP contribution in [0.1, 0.15) is 26.3 Å². The summed E-state index contributed by atoms with van der Waals surface area (Å²) < 4.78 is 0. The van der Waals surface area contributed by atoms with Crippen LogP contribution in [0.2, 0.25) is 5.02 Å². The molecule has 0 aliphatic heterocycles. The Bertz CT molecular complexity index is 728. The maximum absolute atomic E-state index is 11.3. The van der Waals surface area contributed by atoms with Crippen LogP contribution in [-0.2, 0) is 0 Å². The first-order valence-corrected chi connectivity index (χ1v) is 6.41. The molecule has 0 spiro atoms. The second-order valence-corrected chi connectivity index (χ2v) is 4.78. The summed E-state index contributed by atoms with van der Waals surface area (Å²) in [5.74, 6) is -2.26. The number of rotatable bonds is 4. The molecule has 0 aliphatic carbocycles. The van der Waals surface area contributed by atoms with E-state index in [1.165, 1.54) is 12.1 Å². The molecule has 0 heterocycles. The van der Waals surface area contributed by atoms with Crippen LogP contribution in [0.15, 0.2) is 36.4 Å². The van der Waals surface area contributed by atoms with Crippen molar-refractivity contribution in [2.75, 3.05) is 5.32 Å². The zero-order valence-electron chi connectivity index (χ0n) is 11.1. The molecule has 2 rings (SSSR count). The number of anilines is 2. The molecule has 3 N–H and O–H groups in total. The number of hydrogen-bond donors (Lipinski definition) is 3. The van der Waals surface area contributed by atoms with Gasteiger partial charge in [0.15, 0.2) is 0 Å². The van der Waals surface area contributed by atoms with Crippen LogP contribution in [0, 0.1) is 6.92 Å². The highest BCUT2D eigenvalue weighted by atomic mass is 35.5. The first-order chi connectivity index (χ1) is 9.91. The number of para-hydroxylation sites is 1. The second kappa shape index (κ2) is 5.85. The van der Waals surface area contributed by atoms with Gasteiger partial charge < -0.3 is 15.5 Å². The number of aryl methyl sites for hydroxylation is 1. The smallest absolute Gasteiger partial charge is 0.337 e. The predicted molar refractivity (Wildman–Crippen MR) is 79.8 cm³/mol. The molecule has 0 fully saturated rings. The van der Waals surface area contributed by atoms with Crippen molar-refractivity contribution in [3.63, 3.8) is 0 Å². The molecule has 2 aromatic carbocycles. The van der Waals surface area contributed by atoms with Gasteiger partial charge in [0.05, 0.1) is 27.5 Å². The van der Waals surface area contributed by atoms with E-state index >= 15 is 0 Å². The topological polar surface area (TPSA) is 86.6 Å². The average Bonchev–Trinajstić information content (AvgIpc) is 2.44. The van der Waals surface area contributed by atoms with Gasteiger partial charge >= 0.3 is 11.9 Å². The Balaban J connectivity index is 2.57. The minimum atomic E-state index is -1.15. The Labute approximate surface area is 125 Å². The minimum Gasteiger partial charge on any atom is -0.478 e. The number of aromatic carboxylic acids is 2. The zero-order chi connectivity index (χ0) is 15.6. The quantitative estimate of drug-likeness (QED) is 0.800. The standard InChI is InChI=1S/C15H12ClNO4/c1-8-6-7-10(15(20)21)13(12(8)16)17-11-5-3-2-4-9(11)14(18)19/h2-7,17H,1H3,(H,18,19)(H,20,21). The van der Waals surface area contributed by atoms with E-state index in [4.69, 9.17) is 16.7 Å². The van der Waals surface area contributed by atoms with Crippen molar-refractivity contribution in [3.8, 4) is 0 Å². The third-order valence-corrected chi connectivity index (χ3v) is 3.47. The van der Waals surface area contributed by atoms with Crippen molar-refractivity contribution in [1.82, 2.24) is 0 Å². The molecule has 0 aromatic heterocycles. The molecule has 0 saturated carbocycles. The van der Waals surface area contributed by atoms with E-state index in [9.17, 15) is 14.7 Å². The lowest BCUT2D eigenvalue weighted by molar-refractivity contribution is 0.0688. The number of carboxylic acids is 2. The third kappa shape index (κ3) is 2.98. The second-order valence-electron chi connectivity index (χ2n) is 4.40. The maximum Gasteiger partial charge on any atom is 0.337 e. The number of halogens is 1. The van der Waals surface area contributed by atoms with Gasteiger partial charge in [-0.1, -0.05) is 29.8 Å². The fraction of sp³-hybridized carbons (Fsp3) is 0.0667. The highest BCUT2D eigenvalue weighted by molar-refractivity contribution is 6.35. The van der Waals surface area contributed by atoms with Gasteiger partial charge in [-0.25, -0.2) is 9.59 Å². The molecule has 0 atom stereocenters. The lowest BCUT2D eigenvalue weighted by Gasteiger charge is -2.14. The van der Waals surface area contributed by atoms with Gasteiger partial charge in [-0.05, 0) is 30.7 Å². The largest absolute Gasteiger partial charge is 0.478 e. The van der Waals surface area contributed by atoms with Crippen molar-refractivity contribution < 1.29 is 19.8 Å². The highest BCUT2D eigenvalue weighted by Gasteiger charge is 2.17. The van der Waals surface area contributed by atoms with Crippen LogP contribution in [0.5, 0.6) is 0 Å². The summed E-state index contributed by atoms with van der Waals surface area (Å²) >= 11 is 6.15. The predicted octanol–water partition coefficient (Wildman–Crippen LogP) is 3.79. The molecule has 5 nitrogen and oxygen atoms in total. The molecule has 2 aromatic rings. The van der Waals surface area contributed by atoms with Crippen molar-refractivity contribution in [3.05, 3.63) is 58.1 Å². The number of benzene rings is 2. The summed E-state index contributed by atoms with van der Waals surface area (Å²) in [6.07, 6.45) is 0. The van der Waals surface area contributed by atoms with E-state index in [-0.39, 0.29) is 27.5 Å². The van der Waals surface area contributed by atoms with Gasteiger partial charge in [-0.3, -0.25) is 0 Å². The van der Waals surface area contributed by atoms with Crippen LogP contribution in [-0.4, -0.2) is 22.2 Å². The summed E-state index contributed by atoms with van der Waals surface area (Å²) in [7, 11) is 0. The average molecular weight is 306 g/mol. The molecule has 21 heavy (non-hydrogen) atoms. The lowest BCUT2D eigenvalue weighted by atomic mass is 10.1. The third-order valence-electron chi connectivity index (χ3n) is 2.98. The summed E-state index contributed by atoms with van der Waals surface area (Å²) in [6.45, 7) is 1.74. The van der Waals surface area contributed by atoms with E-state index in [0.29, 0.717) is 5.56 Å². The van der Waals surface area contributed by atoms with Crippen LogP contribution >= 0.6 is 11.6 Å². The zero-order valence-corrected chi connectivity index (χ0v) is 11.8. The van der Waals surface area contributed by atoms with Gasteiger partial charge in [-0.15, -0.1) is 0 Å². The maximum atomic E-state index is 11.3. The molecule has 0 aliphatic rings. The van der Waals surface area contributed by atoms with E-state index < -0.39 is 11.9 Å². The molecule has 0 bridgehead atoms. The van der Waals surface area contributed by atoms with E-state index in [1.54, 1.807) is 31.2 Å². The molecule has 0 unspecified atom stereocenters. The molecule has 6 heteroatoms. The van der Waals surface area contributed by atoms with Crippen molar-refractivity contribution in [2.45, 2.75) is 6.92 Å². The summed E-state index contributed by atoms with van der Waals surface area (Å²) in [6, 6.07) is 9.24. The Morgan fingerprint density at radius 2 is 1.62 bits per heavy atom. The van der Waals surface area contributed by atoms with Crippen molar-refractivity contribution >= 4 is 34.9 Å². The van der Waals surface area contributed by atoms with Gasteiger partial charge in [-0.2, -0.15) is 0 Å². The first-order valence-electron chi connectivity index (χ1n) is 6.03. The number of hydrogen-bond acceptors (Lipinski definition) is 3. The monoisotopic (exact) mass is 305 g/mol. The lowest BCUT2D eigenvalue weighted by Crippen LogP contribution is -2.07. The number of carbonyl (C=O) groups is 2. The van der Waals surface area contributed by atoms with Gasteiger partial charge in [0.25, 0.3) is 0 Å². The number of nitrogens with one attached hydrogen (secondary N) is 1.